The fraction of sp³-hybridized carbons (Fsp3) is 0.571. The number of fused-ring (bicyclic) bond motifs is 2. The number of amides is 1. The van der Waals surface area contributed by atoms with Crippen molar-refractivity contribution in [2.24, 2.45) is 17.8 Å². The topological polar surface area (TPSA) is 68.5 Å². The van der Waals surface area contributed by atoms with Crippen LogP contribution in [0.3, 0.4) is 0 Å². The third-order valence-corrected chi connectivity index (χ3v) is 4.47. The molecule has 2 aliphatic carbocycles. The predicted molar refractivity (Wildman–Crippen MR) is 66.3 cm³/mol. The van der Waals surface area contributed by atoms with Crippen LogP contribution in [0, 0.1) is 17.8 Å². The number of rotatable bonds is 3. The molecule has 5 nitrogen and oxygen atoms in total. The molecule has 0 radical (unpaired) electrons. The molecule has 1 amide bonds. The molecule has 2 aliphatic rings. The molecule has 2 bridgehead atoms. The van der Waals surface area contributed by atoms with Gasteiger partial charge < -0.3 is 14.5 Å². The van der Waals surface area contributed by atoms with E-state index in [4.69, 9.17) is 9.15 Å². The van der Waals surface area contributed by atoms with Gasteiger partial charge in [0.2, 0.25) is 0 Å². The maximum absolute atomic E-state index is 12.1. The second-order valence-electron chi connectivity index (χ2n) is 5.39. The molecule has 4 atom stereocenters. The van der Waals surface area contributed by atoms with E-state index in [1.165, 1.54) is 19.6 Å². The van der Waals surface area contributed by atoms with Gasteiger partial charge in [-0.3, -0.25) is 9.59 Å². The molecule has 0 saturated heterocycles. The van der Waals surface area contributed by atoms with Gasteiger partial charge in [-0.1, -0.05) is 0 Å². The number of carbonyl (C=O) groups excluding carboxylic acids is 2. The lowest BCUT2D eigenvalue weighted by molar-refractivity contribution is -0.148. The lowest BCUT2D eigenvalue weighted by Crippen LogP contribution is -2.47. The highest BCUT2D eigenvalue weighted by Gasteiger charge is 2.52. The zero-order chi connectivity index (χ0) is 13.4. The van der Waals surface area contributed by atoms with Crippen LogP contribution in [0.2, 0.25) is 0 Å². The van der Waals surface area contributed by atoms with Crippen LogP contribution < -0.4 is 5.32 Å². The van der Waals surface area contributed by atoms with Crippen molar-refractivity contribution in [3.8, 4) is 0 Å². The van der Waals surface area contributed by atoms with Crippen LogP contribution in [0.15, 0.2) is 23.0 Å². The van der Waals surface area contributed by atoms with Crippen molar-refractivity contribution in [1.82, 2.24) is 5.32 Å². The van der Waals surface area contributed by atoms with Gasteiger partial charge in [-0.25, -0.2) is 0 Å². The molecule has 1 N–H and O–H groups in total. The van der Waals surface area contributed by atoms with Crippen molar-refractivity contribution >= 4 is 11.9 Å². The van der Waals surface area contributed by atoms with E-state index in [9.17, 15) is 9.59 Å². The Balaban J connectivity index is 1.75. The Morgan fingerprint density at radius 3 is 2.84 bits per heavy atom. The van der Waals surface area contributed by atoms with Gasteiger partial charge in [0.25, 0.3) is 5.91 Å². The standard InChI is InChI=1S/C14H17NO4/c1-18-14(17)11-8-2-3-9(6-8)12(11)15-13(16)10-4-5-19-7-10/h4-5,7-9,11-12H,2-3,6H2,1H3,(H,15,16)/t8-,9-,11-,12-/m0/s1. The van der Waals surface area contributed by atoms with Crippen LogP contribution >= 0.6 is 0 Å². The SMILES string of the molecule is COC(=O)[C@H]1[C@H]2CC[C@@H](C2)[C@@H]1NC(=O)c1ccoc1. The number of nitrogens with one attached hydrogen (secondary N) is 1. The second kappa shape index (κ2) is 4.72. The highest BCUT2D eigenvalue weighted by molar-refractivity contribution is 5.94. The van der Waals surface area contributed by atoms with E-state index >= 15 is 0 Å². The van der Waals surface area contributed by atoms with E-state index in [1.54, 1.807) is 6.07 Å². The van der Waals surface area contributed by atoms with Gasteiger partial charge in [-0.2, -0.15) is 0 Å². The molecule has 1 heterocycles. The Kier molecular flexibility index (Phi) is 3.05. The van der Waals surface area contributed by atoms with E-state index in [0.29, 0.717) is 17.4 Å². The molecule has 102 valence electrons. The average Bonchev–Trinajstić information content (AvgIpc) is 3.13. The Morgan fingerprint density at radius 1 is 1.37 bits per heavy atom. The zero-order valence-corrected chi connectivity index (χ0v) is 10.8. The van der Waals surface area contributed by atoms with Crippen LogP contribution in [0.5, 0.6) is 0 Å². The summed E-state index contributed by atoms with van der Waals surface area (Å²) in [6.07, 6.45) is 6.02. The molecular weight excluding hydrogens is 246 g/mol. The van der Waals surface area contributed by atoms with Crippen LogP contribution in [0.1, 0.15) is 29.6 Å². The van der Waals surface area contributed by atoms with E-state index in [-0.39, 0.29) is 23.8 Å². The Hall–Kier alpha value is -1.78. The van der Waals surface area contributed by atoms with E-state index in [2.05, 4.69) is 5.32 Å². The van der Waals surface area contributed by atoms with E-state index < -0.39 is 0 Å². The van der Waals surface area contributed by atoms with Gasteiger partial charge in [-0.15, -0.1) is 0 Å². The quantitative estimate of drug-likeness (QED) is 0.841. The molecule has 1 aromatic heterocycles. The number of hydrogen-bond acceptors (Lipinski definition) is 4. The minimum Gasteiger partial charge on any atom is -0.472 e. The third kappa shape index (κ3) is 2.03. The summed E-state index contributed by atoms with van der Waals surface area (Å²) in [5, 5.41) is 2.98. The monoisotopic (exact) mass is 263 g/mol. The van der Waals surface area contributed by atoms with E-state index in [1.807, 2.05) is 0 Å². The summed E-state index contributed by atoms with van der Waals surface area (Å²) in [4.78, 5) is 24.0. The van der Waals surface area contributed by atoms with Crippen molar-refractivity contribution in [1.29, 1.82) is 0 Å². The summed E-state index contributed by atoms with van der Waals surface area (Å²) in [6, 6.07) is 1.52. The van der Waals surface area contributed by atoms with Gasteiger partial charge in [0.1, 0.15) is 6.26 Å². The minimum absolute atomic E-state index is 0.103. The first-order valence-corrected chi connectivity index (χ1v) is 6.61. The molecule has 19 heavy (non-hydrogen) atoms. The fourth-order valence-electron chi connectivity index (χ4n) is 3.60. The lowest BCUT2D eigenvalue weighted by atomic mass is 9.84. The normalized spacial score (nSPS) is 32.3. The maximum atomic E-state index is 12.1. The molecule has 0 aliphatic heterocycles. The molecule has 2 saturated carbocycles. The molecule has 3 rings (SSSR count). The summed E-state index contributed by atoms with van der Waals surface area (Å²) in [7, 11) is 1.41. The Morgan fingerprint density at radius 2 is 2.16 bits per heavy atom. The van der Waals surface area contributed by atoms with Crippen molar-refractivity contribution in [3.05, 3.63) is 24.2 Å². The van der Waals surface area contributed by atoms with Gasteiger partial charge in [0.15, 0.2) is 0 Å². The first-order chi connectivity index (χ1) is 9.20. The van der Waals surface area contributed by atoms with Gasteiger partial charge in [-0.05, 0) is 37.2 Å². The van der Waals surface area contributed by atoms with Gasteiger partial charge >= 0.3 is 5.97 Å². The summed E-state index contributed by atoms with van der Waals surface area (Å²) in [5.74, 6) is 0.168. The summed E-state index contributed by atoms with van der Waals surface area (Å²) in [5.41, 5.74) is 0.492. The average molecular weight is 263 g/mol. The van der Waals surface area contributed by atoms with Crippen LogP contribution in [-0.2, 0) is 9.53 Å². The molecule has 0 unspecified atom stereocenters. The summed E-state index contributed by atoms with van der Waals surface area (Å²) < 4.78 is 9.79. The van der Waals surface area contributed by atoms with Crippen molar-refractivity contribution < 1.29 is 18.7 Å². The smallest absolute Gasteiger partial charge is 0.311 e. The second-order valence-corrected chi connectivity index (χ2v) is 5.39. The van der Waals surface area contributed by atoms with Crippen molar-refractivity contribution in [2.75, 3.05) is 7.11 Å². The minimum atomic E-state index is -0.204. The zero-order valence-electron chi connectivity index (χ0n) is 10.8. The van der Waals surface area contributed by atoms with Crippen LogP contribution in [-0.4, -0.2) is 25.0 Å². The number of esters is 1. The summed E-state index contributed by atoms with van der Waals surface area (Å²) >= 11 is 0. The first kappa shape index (κ1) is 12.3. The van der Waals surface area contributed by atoms with Crippen molar-refractivity contribution in [2.45, 2.75) is 25.3 Å². The lowest BCUT2D eigenvalue weighted by Gasteiger charge is -2.29. The molecule has 0 spiro atoms. The van der Waals surface area contributed by atoms with Crippen LogP contribution in [0.25, 0.3) is 0 Å². The molecular formula is C14H17NO4. The maximum Gasteiger partial charge on any atom is 0.311 e. The highest BCUT2D eigenvalue weighted by Crippen LogP contribution is 2.48. The fourth-order valence-corrected chi connectivity index (χ4v) is 3.60. The summed E-state index contributed by atoms with van der Waals surface area (Å²) in [6.45, 7) is 0. The van der Waals surface area contributed by atoms with Crippen LogP contribution in [0.4, 0.5) is 0 Å². The van der Waals surface area contributed by atoms with Gasteiger partial charge in [0.05, 0.1) is 24.9 Å². The molecule has 2 fully saturated rings. The molecule has 5 heteroatoms. The van der Waals surface area contributed by atoms with Crippen molar-refractivity contribution in [3.63, 3.8) is 0 Å². The number of hydrogen-bond donors (Lipinski definition) is 1. The van der Waals surface area contributed by atoms with Gasteiger partial charge in [0, 0.05) is 6.04 Å². The Labute approximate surface area is 111 Å². The predicted octanol–water partition coefficient (Wildman–Crippen LogP) is 1.60. The first-order valence-electron chi connectivity index (χ1n) is 6.61. The number of carbonyl (C=O) groups is 2. The Bertz CT molecular complexity index is 482. The van der Waals surface area contributed by atoms with E-state index in [0.717, 1.165) is 19.3 Å². The highest BCUT2D eigenvalue weighted by atomic mass is 16.5. The molecule has 0 aromatic carbocycles. The largest absolute Gasteiger partial charge is 0.472 e. The number of methoxy groups -OCH3 is 1. The third-order valence-electron chi connectivity index (χ3n) is 4.47. The number of ether oxygens (including phenoxy) is 1. The molecule has 1 aromatic rings. The number of furan rings is 1.